The Bertz CT molecular complexity index is 513. The molecule has 0 aromatic carbocycles. The third-order valence-corrected chi connectivity index (χ3v) is 5.14. The van der Waals surface area contributed by atoms with Crippen molar-refractivity contribution in [2.75, 3.05) is 4.90 Å². The van der Waals surface area contributed by atoms with E-state index in [1.54, 1.807) is 17.3 Å². The number of hydrogen-bond acceptors (Lipinski definition) is 3. The maximum Gasteiger partial charge on any atom is 0.150 e. The summed E-state index contributed by atoms with van der Waals surface area (Å²) in [5, 5.41) is 0. The number of allylic oxidation sites excluding steroid dienone is 1. The fourth-order valence-electron chi connectivity index (χ4n) is 4.01. The number of anilines is 1. The lowest BCUT2D eigenvalue weighted by Gasteiger charge is -2.39. The second kappa shape index (κ2) is 4.32. The highest BCUT2D eigenvalue weighted by atomic mass is 15.3. The summed E-state index contributed by atoms with van der Waals surface area (Å²) in [5.74, 6) is 1.13. The topological polar surface area (TPSA) is 29.0 Å². The summed E-state index contributed by atoms with van der Waals surface area (Å²) in [6, 6.07) is 1.36. The molecule has 2 aliphatic heterocycles. The minimum Gasteiger partial charge on any atom is -0.349 e. The first-order valence-electron chi connectivity index (χ1n) is 7.58. The molecule has 2 bridgehead atoms. The van der Waals surface area contributed by atoms with Gasteiger partial charge in [-0.15, -0.1) is 0 Å². The van der Waals surface area contributed by atoms with Crippen LogP contribution in [-0.4, -0.2) is 22.1 Å². The molecular formula is C16H21N3. The minimum atomic E-state index is 0.678. The van der Waals surface area contributed by atoms with Gasteiger partial charge < -0.3 is 4.90 Å². The monoisotopic (exact) mass is 255 g/mol. The SMILES string of the molecule is Cc1nccnc1N1C2CCC1CC(=C1CCC1)C2. The van der Waals surface area contributed by atoms with Crippen LogP contribution in [0, 0.1) is 6.92 Å². The van der Waals surface area contributed by atoms with Crippen LogP contribution in [0.4, 0.5) is 5.82 Å². The molecule has 3 aliphatic rings. The predicted molar refractivity (Wildman–Crippen MR) is 76.2 cm³/mol. The maximum absolute atomic E-state index is 4.59. The molecule has 0 amide bonds. The third-order valence-electron chi connectivity index (χ3n) is 5.14. The average molecular weight is 255 g/mol. The molecule has 100 valence electrons. The second-order valence-electron chi connectivity index (χ2n) is 6.23. The van der Waals surface area contributed by atoms with Gasteiger partial charge in [0.25, 0.3) is 0 Å². The van der Waals surface area contributed by atoms with Crippen LogP contribution >= 0.6 is 0 Å². The molecule has 1 aromatic heterocycles. The maximum atomic E-state index is 4.59. The Labute approximate surface area is 114 Å². The molecule has 3 heteroatoms. The quantitative estimate of drug-likeness (QED) is 0.720. The number of piperidine rings is 1. The fourth-order valence-corrected chi connectivity index (χ4v) is 4.01. The normalized spacial score (nSPS) is 29.6. The van der Waals surface area contributed by atoms with E-state index in [-0.39, 0.29) is 0 Å². The van der Waals surface area contributed by atoms with E-state index in [9.17, 15) is 0 Å². The lowest BCUT2D eigenvalue weighted by molar-refractivity contribution is 0.517. The zero-order chi connectivity index (χ0) is 12.8. The molecule has 1 aliphatic carbocycles. The number of fused-ring (bicyclic) bond motifs is 2. The molecule has 0 radical (unpaired) electrons. The van der Waals surface area contributed by atoms with Crippen LogP contribution in [0.2, 0.25) is 0 Å². The highest BCUT2D eigenvalue weighted by Gasteiger charge is 2.40. The molecule has 2 saturated heterocycles. The van der Waals surface area contributed by atoms with Crippen molar-refractivity contribution < 1.29 is 0 Å². The lowest BCUT2D eigenvalue weighted by atomic mass is 9.82. The van der Waals surface area contributed by atoms with Gasteiger partial charge in [-0.2, -0.15) is 0 Å². The molecule has 2 atom stereocenters. The van der Waals surface area contributed by atoms with Crippen LogP contribution in [0.25, 0.3) is 0 Å². The highest BCUT2D eigenvalue weighted by molar-refractivity contribution is 5.49. The average Bonchev–Trinajstić information content (AvgIpc) is 2.60. The summed E-state index contributed by atoms with van der Waals surface area (Å²) < 4.78 is 0. The van der Waals surface area contributed by atoms with Crippen LogP contribution in [0.3, 0.4) is 0 Å². The Morgan fingerprint density at radius 1 is 1.00 bits per heavy atom. The Morgan fingerprint density at radius 3 is 2.26 bits per heavy atom. The Kier molecular flexibility index (Phi) is 2.61. The Balaban J connectivity index is 1.65. The van der Waals surface area contributed by atoms with Gasteiger partial charge >= 0.3 is 0 Å². The van der Waals surface area contributed by atoms with Crippen LogP contribution in [0.15, 0.2) is 23.5 Å². The standard InChI is InChI=1S/C16H21N3/c1-11-16(18-8-7-17-11)19-14-5-6-15(19)10-13(9-14)12-3-2-4-12/h7-8,14-15H,2-6,9-10H2,1H3. The number of aromatic nitrogens is 2. The van der Waals surface area contributed by atoms with E-state index >= 15 is 0 Å². The molecule has 1 aromatic rings. The van der Waals surface area contributed by atoms with Crippen LogP contribution < -0.4 is 4.90 Å². The molecule has 3 fully saturated rings. The summed E-state index contributed by atoms with van der Waals surface area (Å²) in [5.41, 5.74) is 4.66. The molecule has 1 saturated carbocycles. The Hall–Kier alpha value is -1.38. The van der Waals surface area contributed by atoms with Crippen molar-refractivity contribution in [1.82, 2.24) is 9.97 Å². The number of hydrogen-bond donors (Lipinski definition) is 0. The van der Waals surface area contributed by atoms with Gasteiger partial charge in [-0.25, -0.2) is 4.98 Å². The van der Waals surface area contributed by atoms with E-state index < -0.39 is 0 Å². The van der Waals surface area contributed by atoms with Gasteiger partial charge in [0.2, 0.25) is 0 Å². The van der Waals surface area contributed by atoms with E-state index in [0.29, 0.717) is 12.1 Å². The van der Waals surface area contributed by atoms with Gasteiger partial charge in [0.1, 0.15) is 0 Å². The van der Waals surface area contributed by atoms with E-state index in [1.165, 1.54) is 44.9 Å². The van der Waals surface area contributed by atoms with Gasteiger partial charge in [0, 0.05) is 24.5 Å². The van der Waals surface area contributed by atoms with Gasteiger partial charge in [-0.3, -0.25) is 4.98 Å². The number of aryl methyl sites for hydroxylation is 1. The molecule has 0 N–H and O–H groups in total. The van der Waals surface area contributed by atoms with Crippen molar-refractivity contribution in [3.8, 4) is 0 Å². The predicted octanol–water partition coefficient (Wildman–Crippen LogP) is 3.40. The van der Waals surface area contributed by atoms with Gasteiger partial charge in [0.05, 0.1) is 5.69 Å². The van der Waals surface area contributed by atoms with Crippen molar-refractivity contribution >= 4 is 5.82 Å². The van der Waals surface area contributed by atoms with Crippen LogP contribution in [0.5, 0.6) is 0 Å². The van der Waals surface area contributed by atoms with E-state index in [1.807, 2.05) is 6.20 Å². The van der Waals surface area contributed by atoms with E-state index in [2.05, 4.69) is 21.8 Å². The first-order chi connectivity index (χ1) is 9.33. The zero-order valence-electron chi connectivity index (χ0n) is 11.6. The van der Waals surface area contributed by atoms with Gasteiger partial charge in [0.15, 0.2) is 5.82 Å². The van der Waals surface area contributed by atoms with Crippen molar-refractivity contribution in [3.05, 3.63) is 29.2 Å². The van der Waals surface area contributed by atoms with Gasteiger partial charge in [-0.1, -0.05) is 11.1 Å². The summed E-state index contributed by atoms with van der Waals surface area (Å²) in [4.78, 5) is 11.6. The molecule has 4 rings (SSSR count). The molecule has 2 unspecified atom stereocenters. The largest absolute Gasteiger partial charge is 0.349 e. The van der Waals surface area contributed by atoms with Crippen molar-refractivity contribution in [2.45, 2.75) is 64.0 Å². The molecule has 3 heterocycles. The number of rotatable bonds is 1. The molecule has 3 nitrogen and oxygen atoms in total. The summed E-state index contributed by atoms with van der Waals surface area (Å²) >= 11 is 0. The summed E-state index contributed by atoms with van der Waals surface area (Å²) in [6.07, 6.45) is 13.0. The van der Waals surface area contributed by atoms with Crippen molar-refractivity contribution in [3.63, 3.8) is 0 Å². The van der Waals surface area contributed by atoms with Gasteiger partial charge in [-0.05, 0) is 51.9 Å². The lowest BCUT2D eigenvalue weighted by Crippen LogP contribution is -2.42. The molecular weight excluding hydrogens is 234 g/mol. The number of nitrogens with zero attached hydrogens (tertiary/aromatic N) is 3. The Morgan fingerprint density at radius 2 is 1.68 bits per heavy atom. The van der Waals surface area contributed by atoms with E-state index in [4.69, 9.17) is 0 Å². The van der Waals surface area contributed by atoms with Crippen molar-refractivity contribution in [2.24, 2.45) is 0 Å². The summed E-state index contributed by atoms with van der Waals surface area (Å²) in [6.45, 7) is 2.09. The first kappa shape index (κ1) is 11.4. The molecule has 0 spiro atoms. The van der Waals surface area contributed by atoms with Crippen molar-refractivity contribution in [1.29, 1.82) is 0 Å². The second-order valence-corrected chi connectivity index (χ2v) is 6.23. The fraction of sp³-hybridized carbons (Fsp3) is 0.625. The van der Waals surface area contributed by atoms with E-state index in [0.717, 1.165) is 11.5 Å². The minimum absolute atomic E-state index is 0.678. The van der Waals surface area contributed by atoms with Crippen LogP contribution in [0.1, 0.15) is 50.6 Å². The zero-order valence-corrected chi connectivity index (χ0v) is 11.6. The highest BCUT2D eigenvalue weighted by Crippen LogP contribution is 2.44. The first-order valence-corrected chi connectivity index (χ1v) is 7.58. The smallest absolute Gasteiger partial charge is 0.150 e. The molecule has 19 heavy (non-hydrogen) atoms. The third kappa shape index (κ3) is 1.78. The summed E-state index contributed by atoms with van der Waals surface area (Å²) in [7, 11) is 0. The van der Waals surface area contributed by atoms with Crippen LogP contribution in [-0.2, 0) is 0 Å².